The van der Waals surface area contributed by atoms with Crippen LogP contribution in [0.5, 0.6) is 0 Å². The van der Waals surface area contributed by atoms with Crippen molar-refractivity contribution < 1.29 is 4.42 Å². The van der Waals surface area contributed by atoms with E-state index in [2.05, 4.69) is 32.9 Å². The molecule has 1 fully saturated rings. The second-order valence-electron chi connectivity index (χ2n) is 3.58. The molecule has 1 saturated heterocycles. The summed E-state index contributed by atoms with van der Waals surface area (Å²) in [5.41, 5.74) is 0. The van der Waals surface area contributed by atoms with Crippen LogP contribution in [0.25, 0.3) is 0 Å². The number of hydrogen-bond donors (Lipinski definition) is 0. The van der Waals surface area contributed by atoms with Crippen LogP contribution in [0, 0.1) is 0 Å². The van der Waals surface area contributed by atoms with Crippen LogP contribution in [0.4, 0.5) is 0 Å². The van der Waals surface area contributed by atoms with Crippen molar-refractivity contribution in [1.82, 2.24) is 9.88 Å². The number of aromatic nitrogens is 1. The first-order valence-corrected chi connectivity index (χ1v) is 5.35. The molecule has 72 valence electrons. The van der Waals surface area contributed by atoms with Crippen LogP contribution < -0.4 is 0 Å². The van der Waals surface area contributed by atoms with E-state index in [-0.39, 0.29) is 0 Å². The maximum absolute atomic E-state index is 5.45. The predicted molar refractivity (Wildman–Crippen MR) is 53.7 cm³/mol. The van der Waals surface area contributed by atoms with Crippen molar-refractivity contribution in [2.24, 2.45) is 0 Å². The molecule has 4 heteroatoms. The molecule has 1 aromatic heterocycles. The van der Waals surface area contributed by atoms with Crippen LogP contribution in [0.15, 0.2) is 15.3 Å². The fourth-order valence-electron chi connectivity index (χ4n) is 1.71. The van der Waals surface area contributed by atoms with Gasteiger partial charge in [-0.25, -0.2) is 4.98 Å². The molecular formula is C9H13BrN2O. The first-order chi connectivity index (χ1) is 6.25. The Bertz CT molecular complexity index is 279. The van der Waals surface area contributed by atoms with Gasteiger partial charge in [0, 0.05) is 5.92 Å². The topological polar surface area (TPSA) is 29.3 Å². The molecule has 0 saturated carbocycles. The maximum Gasteiger partial charge on any atom is 0.198 e. The van der Waals surface area contributed by atoms with Gasteiger partial charge in [-0.3, -0.25) is 0 Å². The Labute approximate surface area is 86.3 Å². The lowest BCUT2D eigenvalue weighted by Gasteiger charge is -2.26. The summed E-state index contributed by atoms with van der Waals surface area (Å²) >= 11 is 3.27. The molecule has 0 amide bonds. The smallest absolute Gasteiger partial charge is 0.198 e. The second-order valence-corrected chi connectivity index (χ2v) is 4.36. The number of likely N-dealkylation sites (tertiary alicyclic amines) is 1. The van der Waals surface area contributed by atoms with Crippen LogP contribution in [0.1, 0.15) is 24.7 Å². The van der Waals surface area contributed by atoms with E-state index in [1.165, 1.54) is 0 Å². The highest BCUT2D eigenvalue weighted by molar-refractivity contribution is 9.10. The van der Waals surface area contributed by atoms with Gasteiger partial charge in [-0.1, -0.05) is 0 Å². The van der Waals surface area contributed by atoms with Gasteiger partial charge in [-0.2, -0.15) is 0 Å². The third kappa shape index (κ3) is 2.11. The standard InChI is InChI=1S/C9H13BrN2O/c1-12-4-2-7(3-5-12)9-11-6-8(10)13-9/h6-7H,2-5H2,1H3. The second kappa shape index (κ2) is 3.80. The van der Waals surface area contributed by atoms with E-state index in [1.54, 1.807) is 6.20 Å². The minimum atomic E-state index is 0.516. The van der Waals surface area contributed by atoms with E-state index in [4.69, 9.17) is 4.42 Å². The number of oxazole rings is 1. The molecule has 1 aliphatic rings. The average molecular weight is 245 g/mol. The molecule has 0 bridgehead atoms. The summed E-state index contributed by atoms with van der Waals surface area (Å²) in [6.07, 6.45) is 4.04. The summed E-state index contributed by atoms with van der Waals surface area (Å²) < 4.78 is 6.18. The van der Waals surface area contributed by atoms with E-state index in [1.807, 2.05) is 0 Å². The van der Waals surface area contributed by atoms with E-state index in [9.17, 15) is 0 Å². The molecule has 1 aliphatic heterocycles. The van der Waals surface area contributed by atoms with Crippen molar-refractivity contribution in [3.05, 3.63) is 16.8 Å². The molecule has 2 rings (SSSR count). The van der Waals surface area contributed by atoms with Crippen LogP contribution in [0.3, 0.4) is 0 Å². The largest absolute Gasteiger partial charge is 0.434 e. The first kappa shape index (κ1) is 9.21. The van der Waals surface area contributed by atoms with Crippen molar-refractivity contribution in [2.45, 2.75) is 18.8 Å². The Morgan fingerprint density at radius 2 is 2.23 bits per heavy atom. The van der Waals surface area contributed by atoms with Gasteiger partial charge >= 0.3 is 0 Å². The first-order valence-electron chi connectivity index (χ1n) is 4.55. The molecule has 1 aromatic rings. The Kier molecular flexibility index (Phi) is 2.69. The summed E-state index contributed by atoms with van der Waals surface area (Å²) in [6.45, 7) is 2.29. The van der Waals surface area contributed by atoms with E-state index < -0.39 is 0 Å². The van der Waals surface area contributed by atoms with Gasteiger partial charge < -0.3 is 9.32 Å². The van der Waals surface area contributed by atoms with Crippen molar-refractivity contribution in [2.75, 3.05) is 20.1 Å². The van der Waals surface area contributed by atoms with Gasteiger partial charge in [0.1, 0.15) is 0 Å². The van der Waals surface area contributed by atoms with Crippen molar-refractivity contribution >= 4 is 15.9 Å². The van der Waals surface area contributed by atoms with E-state index in [0.717, 1.165) is 36.5 Å². The molecular weight excluding hydrogens is 232 g/mol. The highest BCUT2D eigenvalue weighted by Crippen LogP contribution is 2.28. The molecule has 0 atom stereocenters. The predicted octanol–water partition coefficient (Wildman–Crippen LogP) is 2.25. The minimum Gasteiger partial charge on any atom is -0.434 e. The molecule has 0 aromatic carbocycles. The number of nitrogens with zero attached hydrogens (tertiary/aromatic N) is 2. The lowest BCUT2D eigenvalue weighted by atomic mass is 9.97. The summed E-state index contributed by atoms with van der Waals surface area (Å²) in [4.78, 5) is 6.57. The van der Waals surface area contributed by atoms with Gasteiger partial charge in [0.2, 0.25) is 0 Å². The van der Waals surface area contributed by atoms with Gasteiger partial charge in [0.15, 0.2) is 10.6 Å². The number of piperidine rings is 1. The average Bonchev–Trinajstić information content (AvgIpc) is 2.53. The lowest BCUT2D eigenvalue weighted by Crippen LogP contribution is -2.29. The fraction of sp³-hybridized carbons (Fsp3) is 0.667. The summed E-state index contributed by atoms with van der Waals surface area (Å²) in [7, 11) is 2.15. The third-order valence-corrected chi connectivity index (χ3v) is 2.93. The van der Waals surface area contributed by atoms with Gasteiger partial charge in [0.05, 0.1) is 6.20 Å². The lowest BCUT2D eigenvalue weighted by molar-refractivity contribution is 0.236. The van der Waals surface area contributed by atoms with Gasteiger partial charge in [-0.05, 0) is 48.9 Å². The number of hydrogen-bond acceptors (Lipinski definition) is 3. The van der Waals surface area contributed by atoms with Crippen molar-refractivity contribution in [1.29, 1.82) is 0 Å². The molecule has 0 aliphatic carbocycles. The maximum atomic E-state index is 5.45. The van der Waals surface area contributed by atoms with Crippen molar-refractivity contribution in [3.63, 3.8) is 0 Å². The van der Waals surface area contributed by atoms with Crippen LogP contribution >= 0.6 is 15.9 Å². The quantitative estimate of drug-likeness (QED) is 0.759. The Morgan fingerprint density at radius 1 is 1.54 bits per heavy atom. The molecule has 0 N–H and O–H groups in total. The van der Waals surface area contributed by atoms with Crippen LogP contribution in [-0.2, 0) is 0 Å². The molecule has 3 nitrogen and oxygen atoms in total. The molecule has 0 unspecified atom stereocenters. The minimum absolute atomic E-state index is 0.516. The normalized spacial score (nSPS) is 20.8. The molecule has 0 spiro atoms. The Morgan fingerprint density at radius 3 is 2.77 bits per heavy atom. The SMILES string of the molecule is CN1CCC(c2ncc(Br)o2)CC1. The molecule has 2 heterocycles. The summed E-state index contributed by atoms with van der Waals surface area (Å²) in [6, 6.07) is 0. The zero-order chi connectivity index (χ0) is 9.26. The zero-order valence-electron chi connectivity index (χ0n) is 7.66. The Balaban J connectivity index is 2.02. The van der Waals surface area contributed by atoms with Crippen LogP contribution in [0.2, 0.25) is 0 Å². The van der Waals surface area contributed by atoms with Gasteiger partial charge in [-0.15, -0.1) is 0 Å². The zero-order valence-corrected chi connectivity index (χ0v) is 9.25. The molecule has 0 radical (unpaired) electrons. The van der Waals surface area contributed by atoms with E-state index in [0.29, 0.717) is 5.92 Å². The third-order valence-electron chi connectivity index (χ3n) is 2.56. The fourth-order valence-corrected chi connectivity index (χ4v) is 1.98. The highest BCUT2D eigenvalue weighted by atomic mass is 79.9. The number of halogens is 1. The Hall–Kier alpha value is -0.350. The van der Waals surface area contributed by atoms with E-state index >= 15 is 0 Å². The van der Waals surface area contributed by atoms with Crippen LogP contribution in [-0.4, -0.2) is 30.0 Å². The highest BCUT2D eigenvalue weighted by Gasteiger charge is 2.22. The monoisotopic (exact) mass is 244 g/mol. The number of rotatable bonds is 1. The van der Waals surface area contributed by atoms with Crippen molar-refractivity contribution in [3.8, 4) is 0 Å². The van der Waals surface area contributed by atoms with Gasteiger partial charge in [0.25, 0.3) is 0 Å². The summed E-state index contributed by atoms with van der Waals surface area (Å²) in [5, 5.41) is 0. The summed E-state index contributed by atoms with van der Waals surface area (Å²) in [5.74, 6) is 1.41. The molecule has 13 heavy (non-hydrogen) atoms.